The van der Waals surface area contributed by atoms with Crippen molar-refractivity contribution in [3.8, 4) is 0 Å². The maximum atomic E-state index is 13.7. The lowest BCUT2D eigenvalue weighted by Crippen LogP contribution is -2.27. The van der Waals surface area contributed by atoms with Crippen molar-refractivity contribution in [2.45, 2.75) is 6.42 Å². The summed E-state index contributed by atoms with van der Waals surface area (Å²) in [6.45, 7) is 0.273. The summed E-state index contributed by atoms with van der Waals surface area (Å²) in [6, 6.07) is 8.83. The van der Waals surface area contributed by atoms with Crippen molar-refractivity contribution in [3.05, 3.63) is 64.2 Å². The summed E-state index contributed by atoms with van der Waals surface area (Å²) in [5.41, 5.74) is 5.42. The first kappa shape index (κ1) is 15.3. The van der Waals surface area contributed by atoms with Gasteiger partial charge < -0.3 is 11.1 Å². The van der Waals surface area contributed by atoms with Gasteiger partial charge in [0.1, 0.15) is 5.82 Å². The molecule has 3 N–H and O–H groups in total. The zero-order valence-electron chi connectivity index (χ0n) is 11.0. The molecule has 21 heavy (non-hydrogen) atoms. The van der Waals surface area contributed by atoms with E-state index >= 15 is 0 Å². The van der Waals surface area contributed by atoms with Crippen LogP contribution in [0.1, 0.15) is 15.9 Å². The monoisotopic (exact) mass is 310 g/mol. The number of carbonyl (C=O) groups excluding carboxylic acids is 1. The van der Waals surface area contributed by atoms with Crippen LogP contribution in [0.15, 0.2) is 36.4 Å². The number of amides is 1. The SMILES string of the molecule is Nc1cc(F)cc(C(=O)NCCc2cccc(Cl)c2)c1F. The van der Waals surface area contributed by atoms with Crippen LogP contribution >= 0.6 is 11.6 Å². The average molecular weight is 311 g/mol. The van der Waals surface area contributed by atoms with Gasteiger partial charge in [-0.25, -0.2) is 8.78 Å². The van der Waals surface area contributed by atoms with E-state index in [2.05, 4.69) is 5.32 Å². The molecule has 6 heteroatoms. The van der Waals surface area contributed by atoms with Crippen LogP contribution < -0.4 is 11.1 Å². The van der Waals surface area contributed by atoms with Gasteiger partial charge in [0.2, 0.25) is 0 Å². The molecule has 0 aromatic heterocycles. The fourth-order valence-electron chi connectivity index (χ4n) is 1.88. The van der Waals surface area contributed by atoms with Crippen LogP contribution in [0.5, 0.6) is 0 Å². The first-order valence-electron chi connectivity index (χ1n) is 6.24. The smallest absolute Gasteiger partial charge is 0.254 e. The van der Waals surface area contributed by atoms with Gasteiger partial charge in [-0.05, 0) is 36.2 Å². The number of hydrogen-bond acceptors (Lipinski definition) is 2. The van der Waals surface area contributed by atoms with Gasteiger partial charge in [-0.3, -0.25) is 4.79 Å². The molecule has 2 aromatic carbocycles. The molecule has 0 aliphatic heterocycles. The van der Waals surface area contributed by atoms with Gasteiger partial charge in [0.05, 0.1) is 11.3 Å². The van der Waals surface area contributed by atoms with E-state index in [1.165, 1.54) is 0 Å². The number of halogens is 3. The number of nitrogen functional groups attached to an aromatic ring is 1. The van der Waals surface area contributed by atoms with Crippen molar-refractivity contribution in [3.63, 3.8) is 0 Å². The molecule has 3 nitrogen and oxygen atoms in total. The van der Waals surface area contributed by atoms with Gasteiger partial charge >= 0.3 is 0 Å². The molecule has 0 unspecified atom stereocenters. The molecule has 0 bridgehead atoms. The maximum Gasteiger partial charge on any atom is 0.254 e. The highest BCUT2D eigenvalue weighted by Gasteiger charge is 2.15. The predicted octanol–water partition coefficient (Wildman–Crippen LogP) is 3.17. The van der Waals surface area contributed by atoms with Crippen LogP contribution in [-0.4, -0.2) is 12.5 Å². The second kappa shape index (κ2) is 6.54. The Bertz CT molecular complexity index is 677. The van der Waals surface area contributed by atoms with Crippen LogP contribution in [0, 0.1) is 11.6 Å². The maximum absolute atomic E-state index is 13.7. The van der Waals surface area contributed by atoms with Gasteiger partial charge in [-0.2, -0.15) is 0 Å². The number of carbonyl (C=O) groups is 1. The van der Waals surface area contributed by atoms with Crippen molar-refractivity contribution in [1.82, 2.24) is 5.32 Å². The lowest BCUT2D eigenvalue weighted by molar-refractivity contribution is 0.0949. The van der Waals surface area contributed by atoms with Crippen LogP contribution in [0.3, 0.4) is 0 Å². The van der Waals surface area contributed by atoms with E-state index in [4.69, 9.17) is 17.3 Å². The third-order valence-electron chi connectivity index (χ3n) is 2.90. The molecule has 0 saturated carbocycles. The Hall–Kier alpha value is -2.14. The minimum absolute atomic E-state index is 0.273. The van der Waals surface area contributed by atoms with E-state index < -0.39 is 28.8 Å². The summed E-state index contributed by atoms with van der Waals surface area (Å²) in [4.78, 5) is 11.8. The van der Waals surface area contributed by atoms with E-state index in [0.717, 1.165) is 17.7 Å². The van der Waals surface area contributed by atoms with E-state index in [-0.39, 0.29) is 6.54 Å². The zero-order valence-corrected chi connectivity index (χ0v) is 11.8. The number of rotatable bonds is 4. The van der Waals surface area contributed by atoms with E-state index in [0.29, 0.717) is 11.4 Å². The Kier molecular flexibility index (Phi) is 4.75. The minimum Gasteiger partial charge on any atom is -0.396 e. The molecule has 0 heterocycles. The highest BCUT2D eigenvalue weighted by molar-refractivity contribution is 6.30. The minimum atomic E-state index is -0.920. The van der Waals surface area contributed by atoms with Gasteiger partial charge in [0, 0.05) is 11.6 Å². The Morgan fingerprint density at radius 1 is 1.24 bits per heavy atom. The quantitative estimate of drug-likeness (QED) is 0.852. The predicted molar refractivity (Wildman–Crippen MR) is 78.3 cm³/mol. The van der Waals surface area contributed by atoms with Crippen molar-refractivity contribution in [2.24, 2.45) is 0 Å². The lowest BCUT2D eigenvalue weighted by Gasteiger charge is -2.08. The molecule has 2 aromatic rings. The van der Waals surface area contributed by atoms with Gasteiger partial charge in [-0.15, -0.1) is 0 Å². The number of benzene rings is 2. The molecule has 0 aliphatic carbocycles. The Labute approximate surface area is 125 Å². The summed E-state index contributed by atoms with van der Waals surface area (Å²) >= 11 is 5.85. The normalized spacial score (nSPS) is 10.4. The number of hydrogen-bond donors (Lipinski definition) is 2. The standard InChI is InChI=1S/C15H13ClF2N2O/c16-10-3-1-2-9(6-10)4-5-20-15(21)12-7-11(17)8-13(19)14(12)18/h1-3,6-8H,4-5,19H2,(H,20,21). The molecular weight excluding hydrogens is 298 g/mol. The van der Waals surface area contributed by atoms with E-state index in [9.17, 15) is 13.6 Å². The fraction of sp³-hybridized carbons (Fsp3) is 0.133. The van der Waals surface area contributed by atoms with Crippen molar-refractivity contribution in [2.75, 3.05) is 12.3 Å². The Balaban J connectivity index is 1.99. The lowest BCUT2D eigenvalue weighted by atomic mass is 10.1. The fourth-order valence-corrected chi connectivity index (χ4v) is 2.10. The van der Waals surface area contributed by atoms with Crippen LogP contribution in [0.25, 0.3) is 0 Å². The zero-order chi connectivity index (χ0) is 15.4. The van der Waals surface area contributed by atoms with Crippen molar-refractivity contribution in [1.29, 1.82) is 0 Å². The molecule has 1 amide bonds. The number of nitrogens with one attached hydrogen (secondary N) is 1. The van der Waals surface area contributed by atoms with Crippen molar-refractivity contribution < 1.29 is 13.6 Å². The van der Waals surface area contributed by atoms with Crippen LogP contribution in [0.4, 0.5) is 14.5 Å². The van der Waals surface area contributed by atoms with Gasteiger partial charge in [0.15, 0.2) is 5.82 Å². The van der Waals surface area contributed by atoms with E-state index in [1.807, 2.05) is 6.07 Å². The average Bonchev–Trinajstić information content (AvgIpc) is 2.42. The molecule has 0 spiro atoms. The molecule has 0 fully saturated rings. The highest BCUT2D eigenvalue weighted by atomic mass is 35.5. The second-order valence-electron chi connectivity index (χ2n) is 4.49. The van der Waals surface area contributed by atoms with Crippen LogP contribution in [-0.2, 0) is 6.42 Å². The molecule has 110 valence electrons. The highest BCUT2D eigenvalue weighted by Crippen LogP contribution is 2.17. The van der Waals surface area contributed by atoms with Crippen LogP contribution in [0.2, 0.25) is 5.02 Å². The summed E-state index contributed by atoms with van der Waals surface area (Å²) in [5.74, 6) is -2.38. The second-order valence-corrected chi connectivity index (χ2v) is 4.93. The summed E-state index contributed by atoms with van der Waals surface area (Å²) < 4.78 is 26.8. The summed E-state index contributed by atoms with van der Waals surface area (Å²) in [5, 5.41) is 3.12. The first-order chi connectivity index (χ1) is 9.97. The third-order valence-corrected chi connectivity index (χ3v) is 3.13. The third kappa shape index (κ3) is 3.92. The molecule has 0 atom stereocenters. The largest absolute Gasteiger partial charge is 0.396 e. The summed E-state index contributed by atoms with van der Waals surface area (Å²) in [7, 11) is 0. The summed E-state index contributed by atoms with van der Waals surface area (Å²) in [6.07, 6.45) is 0.527. The van der Waals surface area contributed by atoms with Gasteiger partial charge in [-0.1, -0.05) is 23.7 Å². The van der Waals surface area contributed by atoms with E-state index in [1.54, 1.807) is 18.2 Å². The molecule has 0 aliphatic rings. The molecule has 2 rings (SSSR count). The van der Waals surface area contributed by atoms with Crippen molar-refractivity contribution >= 4 is 23.2 Å². The first-order valence-corrected chi connectivity index (χ1v) is 6.62. The topological polar surface area (TPSA) is 55.1 Å². The Morgan fingerprint density at radius 3 is 2.71 bits per heavy atom. The number of anilines is 1. The molecule has 0 saturated heterocycles. The number of nitrogens with two attached hydrogens (primary N) is 1. The Morgan fingerprint density at radius 2 is 2.00 bits per heavy atom. The molecular formula is C15H13ClF2N2O. The molecule has 0 radical (unpaired) electrons. The van der Waals surface area contributed by atoms with Gasteiger partial charge in [0.25, 0.3) is 5.91 Å².